The van der Waals surface area contributed by atoms with Crippen molar-refractivity contribution in [3.63, 3.8) is 0 Å². The van der Waals surface area contributed by atoms with Crippen molar-refractivity contribution < 1.29 is 13.2 Å². The highest BCUT2D eigenvalue weighted by molar-refractivity contribution is 7.89. The molecule has 0 amide bonds. The van der Waals surface area contributed by atoms with Crippen molar-refractivity contribution in [2.24, 2.45) is 10.6 Å². The van der Waals surface area contributed by atoms with Gasteiger partial charge >= 0.3 is 0 Å². The number of hydrogen-bond acceptors (Lipinski definition) is 6. The van der Waals surface area contributed by atoms with E-state index >= 15 is 0 Å². The van der Waals surface area contributed by atoms with Crippen LogP contribution in [-0.4, -0.2) is 24.4 Å². The van der Waals surface area contributed by atoms with Crippen LogP contribution in [0.1, 0.15) is 44.0 Å². The van der Waals surface area contributed by atoms with Crippen molar-refractivity contribution in [3.05, 3.63) is 35.7 Å². The predicted molar refractivity (Wildman–Crippen MR) is 88.2 cm³/mol. The van der Waals surface area contributed by atoms with E-state index in [0.29, 0.717) is 11.8 Å². The molecule has 2 atom stereocenters. The molecule has 2 N–H and O–H groups in total. The molecule has 1 saturated carbocycles. The first-order valence-electron chi connectivity index (χ1n) is 7.34. The summed E-state index contributed by atoms with van der Waals surface area (Å²) in [5, 5.41) is 5.73. The van der Waals surface area contributed by atoms with E-state index in [1.165, 1.54) is 11.5 Å². The van der Waals surface area contributed by atoms with E-state index in [-0.39, 0.29) is 22.1 Å². The summed E-state index contributed by atoms with van der Waals surface area (Å²) in [7, 11) is -3.66. The van der Waals surface area contributed by atoms with Gasteiger partial charge in [0.15, 0.2) is 5.82 Å². The van der Waals surface area contributed by atoms with Gasteiger partial charge in [-0.2, -0.15) is 9.36 Å². The number of rotatable bonds is 5. The zero-order valence-electron chi connectivity index (χ0n) is 13.2. The van der Waals surface area contributed by atoms with E-state index < -0.39 is 10.0 Å². The van der Waals surface area contributed by atoms with Gasteiger partial charge in [0.1, 0.15) is 0 Å². The van der Waals surface area contributed by atoms with E-state index in [2.05, 4.69) is 23.2 Å². The number of aromatic nitrogens is 2. The average molecular weight is 353 g/mol. The summed E-state index contributed by atoms with van der Waals surface area (Å²) < 4.78 is 32.5. The number of sulfonamides is 1. The Morgan fingerprint density at radius 2 is 1.91 bits per heavy atom. The molecule has 1 aliphatic rings. The van der Waals surface area contributed by atoms with Gasteiger partial charge in [-0.1, -0.05) is 26.0 Å². The highest BCUT2D eigenvalue weighted by Crippen LogP contribution is 2.69. The van der Waals surface area contributed by atoms with Crippen LogP contribution in [-0.2, 0) is 10.0 Å². The fourth-order valence-corrected chi connectivity index (χ4v) is 4.28. The normalized spacial score (nSPS) is 22.8. The van der Waals surface area contributed by atoms with Crippen LogP contribution in [0.3, 0.4) is 0 Å². The Morgan fingerprint density at radius 1 is 1.26 bits per heavy atom. The van der Waals surface area contributed by atoms with Crippen LogP contribution in [0.4, 0.5) is 0 Å². The Balaban J connectivity index is 1.85. The van der Waals surface area contributed by atoms with Gasteiger partial charge < -0.3 is 4.74 Å². The molecule has 1 heterocycles. The van der Waals surface area contributed by atoms with Crippen LogP contribution in [0.2, 0.25) is 0 Å². The van der Waals surface area contributed by atoms with E-state index in [0.717, 1.165) is 11.4 Å². The third kappa shape index (κ3) is 2.98. The van der Waals surface area contributed by atoms with Gasteiger partial charge in [0.05, 0.1) is 11.5 Å². The fourth-order valence-electron chi connectivity index (χ4n) is 3.14. The first-order valence-corrected chi connectivity index (χ1v) is 9.66. The second-order valence-electron chi connectivity index (χ2n) is 6.24. The molecule has 124 valence electrons. The van der Waals surface area contributed by atoms with Crippen LogP contribution >= 0.6 is 11.5 Å². The van der Waals surface area contributed by atoms with Gasteiger partial charge in [-0.3, -0.25) is 0 Å². The smallest absolute Gasteiger partial charge is 0.293 e. The SMILES string of the molecule is CCOc1nc([C@@H]2[C@@H](c3ccc(S(N)(=O)=O)cc3)C2(C)C)ns1. The summed E-state index contributed by atoms with van der Waals surface area (Å²) in [5.41, 5.74) is 1.09. The lowest BCUT2D eigenvalue weighted by Crippen LogP contribution is -2.11. The highest BCUT2D eigenvalue weighted by atomic mass is 32.2. The molecule has 0 unspecified atom stereocenters. The van der Waals surface area contributed by atoms with Crippen molar-refractivity contribution >= 4 is 21.6 Å². The maximum absolute atomic E-state index is 11.4. The topological polar surface area (TPSA) is 95.2 Å². The number of nitrogens with zero attached hydrogens (tertiary/aromatic N) is 2. The molecule has 3 rings (SSSR count). The van der Waals surface area contributed by atoms with Crippen LogP contribution in [0.25, 0.3) is 0 Å². The lowest BCUT2D eigenvalue weighted by molar-refractivity contribution is 0.337. The average Bonchev–Trinajstić information content (AvgIpc) is 2.81. The largest absolute Gasteiger partial charge is 0.469 e. The Bertz CT molecular complexity index is 813. The van der Waals surface area contributed by atoms with Crippen molar-refractivity contribution in [3.8, 4) is 5.19 Å². The van der Waals surface area contributed by atoms with Crippen molar-refractivity contribution in [2.45, 2.75) is 37.5 Å². The van der Waals surface area contributed by atoms with Gasteiger partial charge in [0.25, 0.3) is 5.19 Å². The molecular formula is C15H19N3O3S2. The van der Waals surface area contributed by atoms with E-state index in [9.17, 15) is 8.42 Å². The monoisotopic (exact) mass is 353 g/mol. The first kappa shape index (κ1) is 16.4. The summed E-state index contributed by atoms with van der Waals surface area (Å²) in [6.07, 6.45) is 0. The molecule has 2 aromatic rings. The predicted octanol–water partition coefficient (Wildman–Crippen LogP) is 2.49. The summed E-state index contributed by atoms with van der Waals surface area (Å²) in [5.74, 6) is 1.25. The third-order valence-corrected chi connectivity index (χ3v) is 5.94. The molecule has 6 nitrogen and oxygen atoms in total. The van der Waals surface area contributed by atoms with Crippen molar-refractivity contribution in [1.82, 2.24) is 9.36 Å². The zero-order chi connectivity index (χ0) is 16.8. The maximum atomic E-state index is 11.4. The molecule has 0 radical (unpaired) electrons. The lowest BCUT2D eigenvalue weighted by Gasteiger charge is -2.04. The molecule has 0 bridgehead atoms. The molecule has 8 heteroatoms. The molecule has 0 saturated heterocycles. The van der Waals surface area contributed by atoms with E-state index in [1.807, 2.05) is 19.1 Å². The van der Waals surface area contributed by atoms with Crippen LogP contribution < -0.4 is 9.88 Å². The fraction of sp³-hybridized carbons (Fsp3) is 0.467. The molecule has 1 fully saturated rings. The van der Waals surface area contributed by atoms with Crippen molar-refractivity contribution in [1.29, 1.82) is 0 Å². The van der Waals surface area contributed by atoms with Gasteiger partial charge in [0, 0.05) is 23.4 Å². The lowest BCUT2D eigenvalue weighted by atomic mass is 10.0. The minimum atomic E-state index is -3.66. The second kappa shape index (κ2) is 5.54. The Kier molecular flexibility index (Phi) is 3.94. The molecule has 23 heavy (non-hydrogen) atoms. The number of ether oxygens (including phenoxy) is 1. The third-order valence-electron chi connectivity index (χ3n) is 4.36. The zero-order valence-corrected chi connectivity index (χ0v) is 14.8. The minimum Gasteiger partial charge on any atom is -0.469 e. The highest BCUT2D eigenvalue weighted by Gasteiger charge is 2.61. The molecular weight excluding hydrogens is 334 g/mol. The van der Waals surface area contributed by atoms with Crippen LogP contribution in [0, 0.1) is 5.41 Å². The second-order valence-corrected chi connectivity index (χ2v) is 8.52. The Labute approximate surface area is 139 Å². The number of benzene rings is 1. The van der Waals surface area contributed by atoms with Crippen molar-refractivity contribution in [2.75, 3.05) is 6.61 Å². The van der Waals surface area contributed by atoms with E-state index in [1.54, 1.807) is 12.1 Å². The quantitative estimate of drug-likeness (QED) is 0.891. The van der Waals surface area contributed by atoms with Gasteiger partial charge in [-0.25, -0.2) is 13.6 Å². The summed E-state index contributed by atoms with van der Waals surface area (Å²) in [4.78, 5) is 4.59. The first-order chi connectivity index (χ1) is 10.7. The summed E-state index contributed by atoms with van der Waals surface area (Å²) in [6.45, 7) is 6.81. The number of hydrogen-bond donors (Lipinski definition) is 1. The Hall–Kier alpha value is -1.51. The number of primary sulfonamides is 1. The minimum absolute atomic E-state index is 0.0215. The summed E-state index contributed by atoms with van der Waals surface area (Å²) >= 11 is 1.27. The molecule has 1 aromatic heterocycles. The van der Waals surface area contributed by atoms with Gasteiger partial charge in [-0.15, -0.1) is 0 Å². The van der Waals surface area contributed by atoms with Gasteiger partial charge in [-0.05, 0) is 30.0 Å². The molecule has 0 spiro atoms. The number of nitrogens with two attached hydrogens (primary N) is 1. The molecule has 1 aliphatic carbocycles. The maximum Gasteiger partial charge on any atom is 0.293 e. The standard InChI is InChI=1S/C15H19N3O3S2/c1-4-21-14-17-13(18-22-14)12-11(15(12,2)3)9-5-7-10(8-6-9)23(16,19)20/h5-8,11-12H,4H2,1-3H3,(H2,16,19,20)/t11-,12+/m1/s1. The van der Waals surface area contributed by atoms with Gasteiger partial charge in [0.2, 0.25) is 10.0 Å². The molecule has 1 aromatic carbocycles. The van der Waals surface area contributed by atoms with Crippen LogP contribution in [0.15, 0.2) is 29.2 Å². The summed E-state index contributed by atoms with van der Waals surface area (Å²) in [6, 6.07) is 6.75. The van der Waals surface area contributed by atoms with E-state index in [4.69, 9.17) is 9.88 Å². The molecule has 0 aliphatic heterocycles. The van der Waals surface area contributed by atoms with Crippen LogP contribution in [0.5, 0.6) is 5.19 Å². The Morgan fingerprint density at radius 3 is 2.48 bits per heavy atom.